The highest BCUT2D eigenvalue weighted by Crippen LogP contribution is 2.24. The minimum Gasteiger partial charge on any atom is -0.496 e. The molecule has 0 fully saturated rings. The summed E-state index contributed by atoms with van der Waals surface area (Å²) in [6.45, 7) is 2.54. The van der Waals surface area contributed by atoms with Gasteiger partial charge in [-0.3, -0.25) is 14.5 Å². The van der Waals surface area contributed by atoms with Crippen molar-refractivity contribution < 1.29 is 9.53 Å². The number of aryl methyl sites for hydroxylation is 1. The molecule has 6 nitrogen and oxygen atoms in total. The number of carbonyl (C=O) groups is 1. The van der Waals surface area contributed by atoms with Gasteiger partial charge in [-0.2, -0.15) is 5.10 Å². The first-order valence-corrected chi connectivity index (χ1v) is 9.88. The number of ether oxygens (including phenoxy) is 1. The van der Waals surface area contributed by atoms with Crippen LogP contribution in [0.1, 0.15) is 11.1 Å². The summed E-state index contributed by atoms with van der Waals surface area (Å²) in [7, 11) is 3.38. The molecule has 3 rings (SSSR count). The van der Waals surface area contributed by atoms with Gasteiger partial charge in [-0.1, -0.05) is 39.7 Å². The van der Waals surface area contributed by atoms with Crippen LogP contribution in [-0.4, -0.2) is 39.7 Å². The second-order valence-electron chi connectivity index (χ2n) is 6.51. The minimum absolute atomic E-state index is 0.0755. The molecule has 1 heterocycles. The average Bonchev–Trinajstić information content (AvgIpc) is 3.02. The lowest BCUT2D eigenvalue weighted by atomic mass is 10.1. The summed E-state index contributed by atoms with van der Waals surface area (Å²) in [6, 6.07) is 13.7. The first kappa shape index (κ1) is 20.3. The predicted molar refractivity (Wildman–Crippen MR) is 115 cm³/mol. The number of aromatic nitrogens is 3. The van der Waals surface area contributed by atoms with Crippen LogP contribution in [0.5, 0.6) is 5.75 Å². The summed E-state index contributed by atoms with van der Waals surface area (Å²) >= 11 is 8.81. The number of nitrogens with zero attached hydrogens (tertiary/aromatic N) is 3. The number of hydrogen-bond donors (Lipinski definition) is 1. The van der Waals surface area contributed by atoms with E-state index in [-0.39, 0.29) is 12.5 Å². The molecule has 146 valence electrons. The lowest BCUT2D eigenvalue weighted by Gasteiger charge is -2.20. The molecule has 1 amide bonds. The minimum atomic E-state index is -0.0755. The topological polar surface area (TPSA) is 63.1 Å². The SMILES string of the molecule is COc1ccc(Br)cc1CN(C)C(=O)Cn1c(-c2cccc(C)c2)n[nH]c1=S. The Morgan fingerprint density at radius 3 is 2.82 bits per heavy atom. The van der Waals surface area contributed by atoms with Crippen molar-refractivity contribution in [3.05, 3.63) is 62.8 Å². The predicted octanol–water partition coefficient (Wildman–Crippen LogP) is 4.35. The number of likely N-dealkylation sites (N-methyl/N-ethyl adjacent to an activating group) is 1. The highest BCUT2D eigenvalue weighted by Gasteiger charge is 2.17. The molecular weight excluding hydrogens is 440 g/mol. The molecule has 0 saturated carbocycles. The van der Waals surface area contributed by atoms with Crippen LogP contribution >= 0.6 is 28.1 Å². The van der Waals surface area contributed by atoms with E-state index >= 15 is 0 Å². The van der Waals surface area contributed by atoms with Gasteiger partial charge in [-0.25, -0.2) is 0 Å². The Hall–Kier alpha value is -2.45. The summed E-state index contributed by atoms with van der Waals surface area (Å²) in [5.41, 5.74) is 2.95. The number of amides is 1. The van der Waals surface area contributed by atoms with Gasteiger partial charge in [0.15, 0.2) is 10.6 Å². The highest BCUT2D eigenvalue weighted by molar-refractivity contribution is 9.10. The maximum absolute atomic E-state index is 12.9. The quantitative estimate of drug-likeness (QED) is 0.555. The van der Waals surface area contributed by atoms with Gasteiger partial charge in [0.05, 0.1) is 7.11 Å². The lowest BCUT2D eigenvalue weighted by molar-refractivity contribution is -0.131. The van der Waals surface area contributed by atoms with Gasteiger partial charge in [0.2, 0.25) is 5.91 Å². The molecular formula is C20H21BrN4O2S. The number of rotatable bonds is 6. The van der Waals surface area contributed by atoms with E-state index in [9.17, 15) is 4.79 Å². The molecule has 3 aromatic rings. The van der Waals surface area contributed by atoms with E-state index in [2.05, 4.69) is 26.1 Å². The molecule has 0 radical (unpaired) electrons. The standard InChI is InChI=1S/C20H21BrN4O2S/c1-13-5-4-6-14(9-13)19-22-23-20(28)25(19)12-18(26)24(2)11-15-10-16(21)7-8-17(15)27-3/h4-10H,11-12H2,1-3H3,(H,23,28). The Morgan fingerprint density at radius 1 is 1.32 bits per heavy atom. The Labute approximate surface area is 177 Å². The van der Waals surface area contributed by atoms with E-state index in [1.54, 1.807) is 23.6 Å². The van der Waals surface area contributed by atoms with Crippen LogP contribution in [0.2, 0.25) is 0 Å². The molecule has 0 aliphatic rings. The number of aromatic amines is 1. The van der Waals surface area contributed by atoms with E-state index < -0.39 is 0 Å². The molecule has 0 aliphatic carbocycles. The van der Waals surface area contributed by atoms with E-state index in [0.29, 0.717) is 17.1 Å². The average molecular weight is 461 g/mol. The van der Waals surface area contributed by atoms with E-state index in [4.69, 9.17) is 17.0 Å². The molecule has 28 heavy (non-hydrogen) atoms. The zero-order valence-electron chi connectivity index (χ0n) is 15.9. The van der Waals surface area contributed by atoms with Gasteiger partial charge in [-0.15, -0.1) is 0 Å². The number of methoxy groups -OCH3 is 1. The van der Waals surface area contributed by atoms with E-state index in [0.717, 1.165) is 26.9 Å². The number of nitrogens with one attached hydrogen (secondary N) is 1. The summed E-state index contributed by atoms with van der Waals surface area (Å²) in [6.07, 6.45) is 0. The molecule has 0 aliphatic heterocycles. The highest BCUT2D eigenvalue weighted by atomic mass is 79.9. The van der Waals surface area contributed by atoms with E-state index in [1.165, 1.54) is 0 Å². The molecule has 8 heteroatoms. The summed E-state index contributed by atoms with van der Waals surface area (Å²) in [4.78, 5) is 14.5. The fraction of sp³-hybridized carbons (Fsp3) is 0.250. The number of carbonyl (C=O) groups excluding carboxylic acids is 1. The Morgan fingerprint density at radius 2 is 2.11 bits per heavy atom. The maximum atomic E-state index is 12.9. The smallest absolute Gasteiger partial charge is 0.242 e. The van der Waals surface area contributed by atoms with Crippen LogP contribution in [0.15, 0.2) is 46.9 Å². The Balaban J connectivity index is 1.81. The van der Waals surface area contributed by atoms with Crippen LogP contribution in [0, 0.1) is 11.7 Å². The van der Waals surface area contributed by atoms with Gasteiger partial charge in [0, 0.05) is 29.2 Å². The molecule has 0 spiro atoms. The Kier molecular flexibility index (Phi) is 6.31. The van der Waals surface area contributed by atoms with Crippen molar-refractivity contribution in [3.8, 4) is 17.1 Å². The van der Waals surface area contributed by atoms with Crippen LogP contribution in [0.3, 0.4) is 0 Å². The van der Waals surface area contributed by atoms with Crippen molar-refractivity contribution in [3.63, 3.8) is 0 Å². The molecule has 0 unspecified atom stereocenters. The van der Waals surface area contributed by atoms with Gasteiger partial charge >= 0.3 is 0 Å². The van der Waals surface area contributed by atoms with Crippen LogP contribution < -0.4 is 4.74 Å². The number of H-pyrrole nitrogens is 1. The van der Waals surface area contributed by atoms with Crippen LogP contribution in [-0.2, 0) is 17.9 Å². The van der Waals surface area contributed by atoms with Crippen LogP contribution in [0.25, 0.3) is 11.4 Å². The third-order valence-corrected chi connectivity index (χ3v) is 5.21. The molecule has 1 aromatic heterocycles. The third-order valence-electron chi connectivity index (χ3n) is 4.40. The zero-order valence-corrected chi connectivity index (χ0v) is 18.3. The molecule has 0 saturated heterocycles. The van der Waals surface area contributed by atoms with Crippen molar-refractivity contribution in [1.29, 1.82) is 0 Å². The van der Waals surface area contributed by atoms with Crippen LogP contribution in [0.4, 0.5) is 0 Å². The van der Waals surface area contributed by atoms with Gasteiger partial charge in [-0.05, 0) is 43.4 Å². The van der Waals surface area contributed by atoms with Crippen molar-refractivity contribution in [2.75, 3.05) is 14.2 Å². The molecule has 0 atom stereocenters. The van der Waals surface area contributed by atoms with Crippen molar-refractivity contribution in [2.24, 2.45) is 0 Å². The first-order chi connectivity index (χ1) is 13.4. The lowest BCUT2D eigenvalue weighted by Crippen LogP contribution is -2.30. The van der Waals surface area contributed by atoms with Crippen molar-refractivity contribution >= 4 is 34.1 Å². The summed E-state index contributed by atoms with van der Waals surface area (Å²) in [5, 5.41) is 7.11. The largest absolute Gasteiger partial charge is 0.496 e. The fourth-order valence-electron chi connectivity index (χ4n) is 2.94. The summed E-state index contributed by atoms with van der Waals surface area (Å²) < 4.78 is 8.47. The van der Waals surface area contributed by atoms with Gasteiger partial charge in [0.1, 0.15) is 12.3 Å². The molecule has 2 aromatic carbocycles. The number of hydrogen-bond acceptors (Lipinski definition) is 4. The fourth-order valence-corrected chi connectivity index (χ4v) is 3.54. The first-order valence-electron chi connectivity index (χ1n) is 8.67. The van der Waals surface area contributed by atoms with Gasteiger partial charge in [0.25, 0.3) is 0 Å². The molecule has 0 bridgehead atoms. The number of benzene rings is 2. The molecule has 1 N–H and O–H groups in total. The second-order valence-corrected chi connectivity index (χ2v) is 7.82. The third kappa shape index (κ3) is 4.51. The summed E-state index contributed by atoms with van der Waals surface area (Å²) in [5.74, 6) is 1.31. The van der Waals surface area contributed by atoms with Gasteiger partial charge < -0.3 is 9.64 Å². The normalized spacial score (nSPS) is 10.7. The van der Waals surface area contributed by atoms with E-state index in [1.807, 2.05) is 49.4 Å². The zero-order chi connectivity index (χ0) is 20.3. The number of halogens is 1. The second kappa shape index (κ2) is 8.70. The van der Waals surface area contributed by atoms with Crippen molar-refractivity contribution in [2.45, 2.75) is 20.0 Å². The Bertz CT molecular complexity index is 1060. The maximum Gasteiger partial charge on any atom is 0.242 e. The van der Waals surface area contributed by atoms with Crippen molar-refractivity contribution in [1.82, 2.24) is 19.7 Å². The monoisotopic (exact) mass is 460 g/mol.